The molecule has 32 heavy (non-hydrogen) atoms. The summed E-state index contributed by atoms with van der Waals surface area (Å²) < 4.78 is 2.38. The minimum atomic E-state index is -0.735. The van der Waals surface area contributed by atoms with Crippen molar-refractivity contribution >= 4 is 46.3 Å². The molecule has 2 heterocycles. The monoisotopic (exact) mass is 489 g/mol. The molecule has 4 unspecified atom stereocenters. The van der Waals surface area contributed by atoms with Crippen LogP contribution in [0.25, 0.3) is 0 Å². The second-order valence-corrected chi connectivity index (χ2v) is 13.1. The molecule has 3 saturated carbocycles. The van der Waals surface area contributed by atoms with Crippen molar-refractivity contribution in [1.29, 1.82) is 0 Å². The van der Waals surface area contributed by atoms with Crippen LogP contribution in [-0.2, 0) is 4.79 Å². The molecule has 2 N–H and O–H groups in total. The molecule has 0 aliphatic heterocycles. The number of hydrogen-bond donors (Lipinski definition) is 2. The molecule has 4 nitrogen and oxygen atoms in total. The van der Waals surface area contributed by atoms with Gasteiger partial charge < -0.3 is 10.4 Å². The van der Waals surface area contributed by atoms with Crippen LogP contribution in [0.15, 0.2) is 50.2 Å². The van der Waals surface area contributed by atoms with Gasteiger partial charge in [-0.1, -0.05) is 43.8 Å². The number of hydrogen-bond acceptors (Lipinski definition) is 5. The summed E-state index contributed by atoms with van der Waals surface area (Å²) in [7, 11) is 0. The van der Waals surface area contributed by atoms with Gasteiger partial charge in [-0.2, -0.15) is 0 Å². The van der Waals surface area contributed by atoms with Gasteiger partial charge in [-0.25, -0.2) is 0 Å². The zero-order chi connectivity index (χ0) is 22.7. The van der Waals surface area contributed by atoms with E-state index in [1.807, 2.05) is 18.2 Å². The molecular formula is C25H31NO3S3. The van der Waals surface area contributed by atoms with Gasteiger partial charge in [0.15, 0.2) is 0 Å². The molecule has 0 spiro atoms. The van der Waals surface area contributed by atoms with Gasteiger partial charge in [0.25, 0.3) is 5.91 Å². The van der Waals surface area contributed by atoms with Crippen LogP contribution in [0.3, 0.4) is 0 Å². The second-order valence-electron chi connectivity index (χ2n) is 9.50. The standard InChI is InChI=1S/C25H31NO3S3/c1-25(2)17-14-16(8-5-3-4-6-9-20(27)28)23(18(25)15-17)26-24(29)19-11-12-22(31-19)32-21-10-7-13-30-21/h3,5,7,10-13,16-18,23H,4,6,8-9,14-15H2,1-2H3,(H,26,29)(H,27,28)/b5-3+. The second kappa shape index (κ2) is 10.1. The number of amides is 1. The number of carboxylic acid groups (broad SMARTS) is 1. The van der Waals surface area contributed by atoms with Crippen LogP contribution in [0, 0.1) is 23.2 Å². The Morgan fingerprint density at radius 2 is 2.06 bits per heavy atom. The van der Waals surface area contributed by atoms with Gasteiger partial charge in [-0.15, -0.1) is 22.7 Å². The molecule has 0 aromatic carbocycles. The van der Waals surface area contributed by atoms with Crippen molar-refractivity contribution in [2.24, 2.45) is 23.2 Å². The van der Waals surface area contributed by atoms with Crippen LogP contribution in [0.4, 0.5) is 0 Å². The molecular weight excluding hydrogens is 458 g/mol. The van der Waals surface area contributed by atoms with Crippen LogP contribution in [0.5, 0.6) is 0 Å². The molecule has 4 atom stereocenters. The first kappa shape index (κ1) is 23.6. The van der Waals surface area contributed by atoms with Crippen molar-refractivity contribution in [2.45, 2.75) is 66.8 Å². The van der Waals surface area contributed by atoms with E-state index in [2.05, 4.69) is 42.8 Å². The van der Waals surface area contributed by atoms with Gasteiger partial charge in [-0.05, 0) is 78.9 Å². The lowest BCUT2D eigenvalue weighted by molar-refractivity contribution is -0.137. The summed E-state index contributed by atoms with van der Waals surface area (Å²) in [6, 6.07) is 8.34. The van der Waals surface area contributed by atoms with Crippen LogP contribution in [0.2, 0.25) is 0 Å². The summed E-state index contributed by atoms with van der Waals surface area (Å²) >= 11 is 5.00. The molecule has 2 aromatic heterocycles. The average molecular weight is 490 g/mol. The van der Waals surface area contributed by atoms with E-state index in [1.54, 1.807) is 34.4 Å². The Balaban J connectivity index is 1.37. The van der Waals surface area contributed by atoms with Crippen molar-refractivity contribution in [3.05, 3.63) is 46.7 Å². The summed E-state index contributed by atoms with van der Waals surface area (Å²) in [5.74, 6) is 1.03. The zero-order valence-electron chi connectivity index (χ0n) is 18.6. The number of unbranched alkanes of at least 4 members (excludes halogenated alkanes) is 1. The van der Waals surface area contributed by atoms with Crippen molar-refractivity contribution in [3.63, 3.8) is 0 Å². The number of aliphatic carboxylic acids is 1. The largest absolute Gasteiger partial charge is 0.481 e. The average Bonchev–Trinajstić information content (AvgIpc) is 3.43. The lowest BCUT2D eigenvalue weighted by Crippen LogP contribution is -2.63. The molecule has 3 aliphatic rings. The molecule has 0 radical (unpaired) electrons. The quantitative estimate of drug-likeness (QED) is 0.280. The minimum absolute atomic E-state index is 0.0506. The smallest absolute Gasteiger partial charge is 0.303 e. The van der Waals surface area contributed by atoms with E-state index in [-0.39, 0.29) is 23.8 Å². The third kappa shape index (κ3) is 5.32. The predicted molar refractivity (Wildman–Crippen MR) is 133 cm³/mol. The number of nitrogens with one attached hydrogen (secondary N) is 1. The lowest BCUT2D eigenvalue weighted by Gasteiger charge is -2.62. The third-order valence-electron chi connectivity index (χ3n) is 7.24. The number of carbonyl (C=O) groups excluding carboxylic acids is 1. The first-order valence-electron chi connectivity index (χ1n) is 11.3. The maximum atomic E-state index is 13.1. The van der Waals surface area contributed by atoms with E-state index in [1.165, 1.54) is 10.6 Å². The van der Waals surface area contributed by atoms with Crippen molar-refractivity contribution in [3.8, 4) is 0 Å². The van der Waals surface area contributed by atoms with Crippen molar-refractivity contribution < 1.29 is 14.7 Å². The fourth-order valence-corrected chi connectivity index (χ4v) is 8.33. The summed E-state index contributed by atoms with van der Waals surface area (Å²) in [4.78, 5) is 24.6. The summed E-state index contributed by atoms with van der Waals surface area (Å²) in [5.41, 5.74) is 0.287. The number of carbonyl (C=O) groups is 2. The van der Waals surface area contributed by atoms with Gasteiger partial charge in [0, 0.05) is 12.5 Å². The molecule has 1 amide bonds. The Hall–Kier alpha value is -1.57. The molecule has 5 rings (SSSR count). The van der Waals surface area contributed by atoms with E-state index < -0.39 is 5.97 Å². The minimum Gasteiger partial charge on any atom is -0.481 e. The molecule has 3 aliphatic carbocycles. The topological polar surface area (TPSA) is 66.4 Å². The maximum Gasteiger partial charge on any atom is 0.303 e. The Kier molecular flexibility index (Phi) is 7.47. The predicted octanol–water partition coefficient (Wildman–Crippen LogP) is 6.94. The summed E-state index contributed by atoms with van der Waals surface area (Å²) in [5, 5.41) is 14.3. The van der Waals surface area contributed by atoms with E-state index in [0.29, 0.717) is 18.3 Å². The lowest BCUT2D eigenvalue weighted by atomic mass is 9.44. The Morgan fingerprint density at radius 1 is 1.22 bits per heavy atom. The molecule has 172 valence electrons. The van der Waals surface area contributed by atoms with Crippen LogP contribution < -0.4 is 5.32 Å². The highest BCUT2D eigenvalue weighted by molar-refractivity contribution is 8.02. The highest BCUT2D eigenvalue weighted by atomic mass is 32.2. The van der Waals surface area contributed by atoms with Gasteiger partial charge in [-0.3, -0.25) is 9.59 Å². The number of carboxylic acids is 1. The Labute approximate surface area is 202 Å². The first-order valence-corrected chi connectivity index (χ1v) is 13.8. The number of thiophene rings is 2. The van der Waals surface area contributed by atoms with Crippen molar-refractivity contribution in [1.82, 2.24) is 5.32 Å². The van der Waals surface area contributed by atoms with E-state index in [9.17, 15) is 9.59 Å². The summed E-state index contributed by atoms with van der Waals surface area (Å²) in [6.45, 7) is 4.70. The van der Waals surface area contributed by atoms with Crippen LogP contribution in [-0.4, -0.2) is 23.0 Å². The third-order valence-corrected chi connectivity index (χ3v) is 10.5. The van der Waals surface area contributed by atoms with E-state index in [0.717, 1.165) is 34.3 Å². The van der Waals surface area contributed by atoms with E-state index >= 15 is 0 Å². The van der Waals surface area contributed by atoms with E-state index in [4.69, 9.17) is 5.11 Å². The molecule has 2 aromatic rings. The number of fused-ring (bicyclic) bond motifs is 2. The highest BCUT2D eigenvalue weighted by Crippen LogP contribution is 2.61. The van der Waals surface area contributed by atoms with Crippen LogP contribution >= 0.6 is 34.4 Å². The normalized spacial score (nSPS) is 26.1. The molecule has 3 fully saturated rings. The fourth-order valence-electron chi connectivity index (χ4n) is 5.27. The molecule has 0 saturated heterocycles. The zero-order valence-corrected chi connectivity index (χ0v) is 21.0. The first-order chi connectivity index (χ1) is 15.3. The van der Waals surface area contributed by atoms with Crippen LogP contribution in [0.1, 0.15) is 62.0 Å². The SMILES string of the molecule is CC1(C)C2CC(C/C=C/CCCC(=O)O)C(NC(=O)c3ccc(Sc4cccs4)s3)C1C2. The highest BCUT2D eigenvalue weighted by Gasteiger charge is 2.57. The van der Waals surface area contributed by atoms with Gasteiger partial charge in [0.05, 0.1) is 13.3 Å². The fraction of sp³-hybridized carbons (Fsp3) is 0.520. The maximum absolute atomic E-state index is 13.1. The Bertz CT molecular complexity index is 963. The van der Waals surface area contributed by atoms with Gasteiger partial charge in [0.1, 0.15) is 0 Å². The summed E-state index contributed by atoms with van der Waals surface area (Å²) in [6.07, 6.45) is 9.32. The number of rotatable bonds is 10. The van der Waals surface area contributed by atoms with Crippen molar-refractivity contribution in [2.75, 3.05) is 0 Å². The molecule has 7 heteroatoms. The van der Waals surface area contributed by atoms with Gasteiger partial charge in [0.2, 0.25) is 0 Å². The van der Waals surface area contributed by atoms with Gasteiger partial charge >= 0.3 is 5.97 Å². The molecule has 2 bridgehead atoms. The Morgan fingerprint density at radius 3 is 2.78 bits per heavy atom. The number of allylic oxidation sites excluding steroid dienone is 2.